The molecule has 0 aliphatic rings. The van der Waals surface area contributed by atoms with Gasteiger partial charge < -0.3 is 10.0 Å². The van der Waals surface area contributed by atoms with Crippen molar-refractivity contribution >= 4 is 23.6 Å². The average Bonchev–Trinajstić information content (AvgIpc) is 2.36. The summed E-state index contributed by atoms with van der Waals surface area (Å²) in [5.41, 5.74) is -0.0796. The fourth-order valence-corrected chi connectivity index (χ4v) is 2.35. The second kappa shape index (κ2) is 6.10. The van der Waals surface area contributed by atoms with Crippen molar-refractivity contribution in [3.8, 4) is 0 Å². The summed E-state index contributed by atoms with van der Waals surface area (Å²) in [4.78, 5) is 25.4. The lowest BCUT2D eigenvalue weighted by atomic mass is 10.0. The van der Waals surface area contributed by atoms with E-state index < -0.39 is 11.5 Å². The second-order valence-corrected chi connectivity index (χ2v) is 5.89. The standard InChI is InChI=1S/C14H19NO3S/c1-10-7-5-6-8-11(10)19-9-12(16)15(4)14(2,3)13(17)18/h5-8H,9H2,1-4H3,(H,17,18). The third-order valence-corrected chi connectivity index (χ3v) is 4.34. The number of carboxylic acid groups (broad SMARTS) is 1. The Hall–Kier alpha value is -1.49. The van der Waals surface area contributed by atoms with E-state index in [1.807, 2.05) is 31.2 Å². The van der Waals surface area contributed by atoms with Gasteiger partial charge in [0.2, 0.25) is 5.91 Å². The Labute approximate surface area is 117 Å². The highest BCUT2D eigenvalue weighted by molar-refractivity contribution is 8.00. The summed E-state index contributed by atoms with van der Waals surface area (Å²) in [6.07, 6.45) is 0. The van der Waals surface area contributed by atoms with Crippen LogP contribution in [0.1, 0.15) is 19.4 Å². The number of hydrogen-bond acceptors (Lipinski definition) is 3. The molecule has 1 aromatic rings. The molecule has 19 heavy (non-hydrogen) atoms. The number of thioether (sulfide) groups is 1. The van der Waals surface area contributed by atoms with E-state index in [1.54, 1.807) is 0 Å². The molecule has 104 valence electrons. The maximum absolute atomic E-state index is 12.0. The molecular formula is C14H19NO3S. The number of likely N-dealkylation sites (N-methyl/N-ethyl adjacent to an activating group) is 1. The molecule has 5 heteroatoms. The van der Waals surface area contributed by atoms with Gasteiger partial charge in [0, 0.05) is 11.9 Å². The summed E-state index contributed by atoms with van der Waals surface area (Å²) < 4.78 is 0. The quantitative estimate of drug-likeness (QED) is 0.842. The van der Waals surface area contributed by atoms with Gasteiger partial charge in [-0.3, -0.25) is 4.79 Å². The molecule has 0 fully saturated rings. The third kappa shape index (κ3) is 3.73. The number of nitrogens with zero attached hydrogens (tertiary/aromatic N) is 1. The lowest BCUT2D eigenvalue weighted by molar-refractivity contribution is -0.154. The van der Waals surface area contributed by atoms with Crippen LogP contribution < -0.4 is 0 Å². The van der Waals surface area contributed by atoms with Crippen molar-refractivity contribution in [2.45, 2.75) is 31.2 Å². The Morgan fingerprint density at radius 1 is 1.32 bits per heavy atom. The molecule has 1 N–H and O–H groups in total. The predicted molar refractivity (Wildman–Crippen MR) is 76.4 cm³/mol. The molecular weight excluding hydrogens is 262 g/mol. The Morgan fingerprint density at radius 2 is 1.89 bits per heavy atom. The normalized spacial score (nSPS) is 11.2. The predicted octanol–water partition coefficient (Wildman–Crippen LogP) is 2.41. The molecule has 4 nitrogen and oxygen atoms in total. The number of hydrogen-bond donors (Lipinski definition) is 1. The van der Waals surface area contributed by atoms with E-state index in [0.29, 0.717) is 0 Å². The first-order chi connectivity index (χ1) is 8.76. The van der Waals surface area contributed by atoms with E-state index in [9.17, 15) is 9.59 Å². The molecule has 0 saturated heterocycles. The number of carboxylic acids is 1. The van der Waals surface area contributed by atoms with Crippen LogP contribution in [0.15, 0.2) is 29.2 Å². The van der Waals surface area contributed by atoms with Crippen molar-refractivity contribution in [3.05, 3.63) is 29.8 Å². The van der Waals surface area contributed by atoms with E-state index >= 15 is 0 Å². The Balaban J connectivity index is 2.66. The van der Waals surface area contributed by atoms with Crippen LogP contribution in [-0.4, -0.2) is 40.2 Å². The summed E-state index contributed by atoms with van der Waals surface area (Å²) >= 11 is 1.43. The van der Waals surface area contributed by atoms with Crippen molar-refractivity contribution < 1.29 is 14.7 Å². The molecule has 0 heterocycles. The van der Waals surface area contributed by atoms with Crippen LogP contribution >= 0.6 is 11.8 Å². The molecule has 0 unspecified atom stereocenters. The topological polar surface area (TPSA) is 57.6 Å². The number of carbonyl (C=O) groups excluding carboxylic acids is 1. The van der Waals surface area contributed by atoms with Crippen LogP contribution in [0, 0.1) is 6.92 Å². The van der Waals surface area contributed by atoms with Crippen LogP contribution in [0.2, 0.25) is 0 Å². The first-order valence-corrected chi connectivity index (χ1v) is 6.94. The molecule has 1 amide bonds. The lowest BCUT2D eigenvalue weighted by Crippen LogP contribution is -2.51. The van der Waals surface area contributed by atoms with Gasteiger partial charge in [-0.2, -0.15) is 0 Å². The highest BCUT2D eigenvalue weighted by Gasteiger charge is 2.34. The maximum atomic E-state index is 12.0. The largest absolute Gasteiger partial charge is 0.480 e. The van der Waals surface area contributed by atoms with E-state index in [1.165, 1.54) is 37.6 Å². The number of rotatable bonds is 5. The molecule has 0 aliphatic heterocycles. The molecule has 0 spiro atoms. The molecule has 0 saturated carbocycles. The first-order valence-electron chi connectivity index (χ1n) is 5.95. The van der Waals surface area contributed by atoms with E-state index in [2.05, 4.69) is 0 Å². The Morgan fingerprint density at radius 3 is 2.42 bits per heavy atom. The molecule has 0 radical (unpaired) electrons. The van der Waals surface area contributed by atoms with Gasteiger partial charge in [0.15, 0.2) is 0 Å². The van der Waals surface area contributed by atoms with Gasteiger partial charge in [-0.25, -0.2) is 4.79 Å². The molecule has 0 atom stereocenters. The molecule has 1 rings (SSSR count). The smallest absolute Gasteiger partial charge is 0.329 e. The summed E-state index contributed by atoms with van der Waals surface area (Å²) in [7, 11) is 1.52. The van der Waals surface area contributed by atoms with Crippen LogP contribution in [-0.2, 0) is 9.59 Å². The summed E-state index contributed by atoms with van der Waals surface area (Å²) in [5, 5.41) is 9.09. The zero-order chi connectivity index (χ0) is 14.6. The van der Waals surface area contributed by atoms with Crippen molar-refractivity contribution in [3.63, 3.8) is 0 Å². The minimum absolute atomic E-state index is 0.194. The van der Waals surface area contributed by atoms with Gasteiger partial charge in [-0.1, -0.05) is 18.2 Å². The van der Waals surface area contributed by atoms with Gasteiger partial charge in [0.1, 0.15) is 5.54 Å². The fourth-order valence-electron chi connectivity index (χ4n) is 1.41. The van der Waals surface area contributed by atoms with Crippen molar-refractivity contribution in [2.24, 2.45) is 0 Å². The second-order valence-electron chi connectivity index (χ2n) is 4.87. The minimum atomic E-state index is -1.19. The van der Waals surface area contributed by atoms with Gasteiger partial charge >= 0.3 is 5.97 Å². The highest BCUT2D eigenvalue weighted by atomic mass is 32.2. The van der Waals surface area contributed by atoms with Crippen LogP contribution in [0.5, 0.6) is 0 Å². The molecule has 1 aromatic carbocycles. The SMILES string of the molecule is Cc1ccccc1SCC(=O)N(C)C(C)(C)C(=O)O. The first kappa shape index (κ1) is 15.6. The monoisotopic (exact) mass is 281 g/mol. The van der Waals surface area contributed by atoms with Gasteiger partial charge in [-0.05, 0) is 32.4 Å². The summed E-state index contributed by atoms with van der Waals surface area (Å²) in [6.45, 7) is 5.02. The van der Waals surface area contributed by atoms with Crippen molar-refractivity contribution in [1.82, 2.24) is 4.90 Å². The minimum Gasteiger partial charge on any atom is -0.480 e. The Bertz CT molecular complexity index is 485. The van der Waals surface area contributed by atoms with Gasteiger partial charge in [0.25, 0.3) is 0 Å². The van der Waals surface area contributed by atoms with Gasteiger partial charge in [0.05, 0.1) is 5.75 Å². The average molecular weight is 281 g/mol. The van der Waals surface area contributed by atoms with Crippen LogP contribution in [0.4, 0.5) is 0 Å². The van der Waals surface area contributed by atoms with Crippen molar-refractivity contribution in [2.75, 3.05) is 12.8 Å². The van der Waals surface area contributed by atoms with Crippen molar-refractivity contribution in [1.29, 1.82) is 0 Å². The van der Waals surface area contributed by atoms with E-state index in [-0.39, 0.29) is 11.7 Å². The lowest BCUT2D eigenvalue weighted by Gasteiger charge is -2.31. The molecule has 0 aromatic heterocycles. The number of aryl methyl sites for hydroxylation is 1. The van der Waals surface area contributed by atoms with Crippen LogP contribution in [0.25, 0.3) is 0 Å². The third-order valence-electron chi connectivity index (χ3n) is 3.18. The van der Waals surface area contributed by atoms with E-state index in [0.717, 1.165) is 10.5 Å². The van der Waals surface area contributed by atoms with E-state index in [4.69, 9.17) is 5.11 Å². The maximum Gasteiger partial charge on any atom is 0.329 e. The number of carbonyl (C=O) groups is 2. The fraction of sp³-hybridized carbons (Fsp3) is 0.429. The number of aliphatic carboxylic acids is 1. The highest BCUT2D eigenvalue weighted by Crippen LogP contribution is 2.23. The number of amides is 1. The molecule has 0 bridgehead atoms. The number of benzene rings is 1. The van der Waals surface area contributed by atoms with Crippen LogP contribution in [0.3, 0.4) is 0 Å². The zero-order valence-electron chi connectivity index (χ0n) is 11.6. The molecule has 0 aliphatic carbocycles. The van der Waals surface area contributed by atoms with Gasteiger partial charge in [-0.15, -0.1) is 11.8 Å². The Kier molecular flexibility index (Phi) is 5.00. The summed E-state index contributed by atoms with van der Waals surface area (Å²) in [5.74, 6) is -0.970. The zero-order valence-corrected chi connectivity index (χ0v) is 12.5. The summed E-state index contributed by atoms with van der Waals surface area (Å²) in [6, 6.07) is 7.80.